The number of hydrogen-bond acceptors (Lipinski definition) is 4. The van der Waals surface area contributed by atoms with Crippen molar-refractivity contribution >= 4 is 17.8 Å². The Morgan fingerprint density at radius 1 is 0.510 bits per heavy atom. The van der Waals surface area contributed by atoms with Crippen LogP contribution in [-0.4, -0.2) is 35.6 Å². The predicted molar refractivity (Wildman–Crippen MR) is 208 cm³/mol. The largest absolute Gasteiger partial charge is 0.480 e. The zero-order valence-electron chi connectivity index (χ0n) is 32.6. The molecule has 0 rings (SSSR count). The van der Waals surface area contributed by atoms with E-state index < -0.39 is 5.97 Å². The second-order valence-electron chi connectivity index (χ2n) is 14.6. The molecule has 6 heteroatoms. The molecule has 0 heterocycles. The SMILES string of the molecule is CCCCCCCCC/C=C\CCCCCCCCCC(=O)OC(CCCCCCCCCCC)CCCCCCCC(=O)NCC(=O)O. The highest BCUT2D eigenvalue weighted by atomic mass is 16.5. The molecule has 0 aromatic rings. The van der Waals surface area contributed by atoms with Gasteiger partial charge in [0.05, 0.1) is 0 Å². The van der Waals surface area contributed by atoms with Gasteiger partial charge in [0.15, 0.2) is 0 Å². The number of carboxylic acid groups (broad SMARTS) is 1. The number of amides is 1. The summed E-state index contributed by atoms with van der Waals surface area (Å²) in [4.78, 5) is 34.9. The van der Waals surface area contributed by atoms with Crippen molar-refractivity contribution in [1.29, 1.82) is 0 Å². The molecule has 0 aromatic heterocycles. The van der Waals surface area contributed by atoms with Crippen molar-refractivity contribution < 1.29 is 24.2 Å². The maximum absolute atomic E-state index is 12.7. The molecular formula is C43H81NO5. The fourth-order valence-electron chi connectivity index (χ4n) is 6.51. The van der Waals surface area contributed by atoms with Gasteiger partial charge in [-0.3, -0.25) is 14.4 Å². The number of carbonyl (C=O) groups excluding carboxylic acids is 2. The van der Waals surface area contributed by atoms with Crippen molar-refractivity contribution in [2.24, 2.45) is 0 Å². The highest BCUT2D eigenvalue weighted by molar-refractivity contribution is 5.80. The van der Waals surface area contributed by atoms with Crippen LogP contribution in [0, 0.1) is 0 Å². The summed E-state index contributed by atoms with van der Waals surface area (Å²) < 4.78 is 6.01. The minimum atomic E-state index is -1.01. The number of ether oxygens (including phenoxy) is 1. The molecule has 6 nitrogen and oxygen atoms in total. The molecule has 0 aliphatic carbocycles. The third-order valence-corrected chi connectivity index (χ3v) is 9.69. The van der Waals surface area contributed by atoms with Crippen LogP contribution in [0.25, 0.3) is 0 Å². The van der Waals surface area contributed by atoms with Crippen LogP contribution in [0.15, 0.2) is 12.2 Å². The van der Waals surface area contributed by atoms with Crippen molar-refractivity contribution in [2.45, 2.75) is 238 Å². The fraction of sp³-hybridized carbons (Fsp3) is 0.884. The Bertz CT molecular complexity index is 767. The summed E-state index contributed by atoms with van der Waals surface area (Å²) in [5, 5.41) is 11.1. The van der Waals surface area contributed by atoms with Crippen LogP contribution >= 0.6 is 0 Å². The van der Waals surface area contributed by atoms with Crippen LogP contribution in [0.5, 0.6) is 0 Å². The third-order valence-electron chi connectivity index (χ3n) is 9.69. The van der Waals surface area contributed by atoms with Gasteiger partial charge in [0.25, 0.3) is 0 Å². The summed E-state index contributed by atoms with van der Waals surface area (Å²) >= 11 is 0. The number of esters is 1. The van der Waals surface area contributed by atoms with Crippen LogP contribution in [0.2, 0.25) is 0 Å². The second kappa shape index (κ2) is 38.9. The number of carboxylic acids is 1. The van der Waals surface area contributed by atoms with E-state index in [2.05, 4.69) is 31.3 Å². The van der Waals surface area contributed by atoms with Crippen molar-refractivity contribution in [1.82, 2.24) is 5.32 Å². The Hall–Kier alpha value is -1.85. The molecule has 0 spiro atoms. The Morgan fingerprint density at radius 2 is 0.878 bits per heavy atom. The van der Waals surface area contributed by atoms with Gasteiger partial charge in [-0.2, -0.15) is 0 Å². The highest BCUT2D eigenvalue weighted by Gasteiger charge is 2.14. The van der Waals surface area contributed by atoms with E-state index >= 15 is 0 Å². The first-order valence-corrected chi connectivity index (χ1v) is 21.3. The van der Waals surface area contributed by atoms with Crippen LogP contribution in [0.1, 0.15) is 232 Å². The van der Waals surface area contributed by atoms with E-state index in [4.69, 9.17) is 9.84 Å². The third kappa shape index (κ3) is 38.8. The summed E-state index contributed by atoms with van der Waals surface area (Å²) in [6.45, 7) is 4.23. The summed E-state index contributed by atoms with van der Waals surface area (Å²) in [7, 11) is 0. The Morgan fingerprint density at radius 3 is 1.31 bits per heavy atom. The van der Waals surface area contributed by atoms with Gasteiger partial charge in [0.1, 0.15) is 12.6 Å². The molecule has 0 saturated heterocycles. The lowest BCUT2D eigenvalue weighted by molar-refractivity contribution is -0.150. The molecular weight excluding hydrogens is 610 g/mol. The molecule has 0 saturated carbocycles. The summed E-state index contributed by atoms with van der Waals surface area (Å²) in [5.74, 6) is -1.22. The fourth-order valence-corrected chi connectivity index (χ4v) is 6.51. The Balaban J connectivity index is 4.04. The first kappa shape index (κ1) is 47.1. The van der Waals surface area contributed by atoms with E-state index in [1.165, 1.54) is 141 Å². The van der Waals surface area contributed by atoms with E-state index in [1.54, 1.807) is 0 Å². The number of hydrogen-bond donors (Lipinski definition) is 2. The van der Waals surface area contributed by atoms with Gasteiger partial charge in [-0.25, -0.2) is 0 Å². The van der Waals surface area contributed by atoms with E-state index in [1.807, 2.05) is 0 Å². The summed E-state index contributed by atoms with van der Waals surface area (Å²) in [6.07, 6.45) is 44.8. The normalized spacial score (nSPS) is 12.0. The molecule has 49 heavy (non-hydrogen) atoms. The van der Waals surface area contributed by atoms with E-state index in [9.17, 15) is 14.4 Å². The maximum Gasteiger partial charge on any atom is 0.322 e. The van der Waals surface area contributed by atoms with Crippen molar-refractivity contribution in [2.75, 3.05) is 6.54 Å². The predicted octanol–water partition coefficient (Wildman–Crippen LogP) is 13.0. The van der Waals surface area contributed by atoms with Gasteiger partial charge >= 0.3 is 11.9 Å². The number of aliphatic carboxylic acids is 1. The van der Waals surface area contributed by atoms with E-state index in [0.717, 1.165) is 64.2 Å². The summed E-state index contributed by atoms with van der Waals surface area (Å²) in [6, 6.07) is 0. The van der Waals surface area contributed by atoms with Gasteiger partial charge in [-0.05, 0) is 64.2 Å². The zero-order valence-corrected chi connectivity index (χ0v) is 32.6. The number of allylic oxidation sites excluding steroid dienone is 2. The standard InChI is InChI=1S/C43H81NO5/c1-3-5-7-9-11-13-14-15-16-17-18-19-20-21-23-25-30-34-38-43(48)49-40(35-31-27-24-22-12-10-8-6-4-2)36-32-28-26-29-33-37-41(45)44-39-42(46)47/h16-17,40H,3-15,18-39H2,1-2H3,(H,44,45)(H,46,47)/b17-16-. The number of rotatable bonds is 39. The molecule has 0 fully saturated rings. The van der Waals surface area contributed by atoms with Crippen LogP contribution in [0.4, 0.5) is 0 Å². The molecule has 0 radical (unpaired) electrons. The lowest BCUT2D eigenvalue weighted by Gasteiger charge is -2.18. The lowest BCUT2D eigenvalue weighted by atomic mass is 10.0. The lowest BCUT2D eigenvalue weighted by Crippen LogP contribution is -2.28. The molecule has 0 aliphatic rings. The molecule has 1 unspecified atom stereocenters. The minimum absolute atomic E-state index is 0.0171. The van der Waals surface area contributed by atoms with Crippen molar-refractivity contribution in [3.8, 4) is 0 Å². The average Bonchev–Trinajstić information content (AvgIpc) is 3.08. The average molecular weight is 692 g/mol. The van der Waals surface area contributed by atoms with Crippen molar-refractivity contribution in [3.63, 3.8) is 0 Å². The quantitative estimate of drug-likeness (QED) is 0.0380. The Labute approximate surface area is 303 Å². The van der Waals surface area contributed by atoms with Gasteiger partial charge in [-0.15, -0.1) is 0 Å². The van der Waals surface area contributed by atoms with Gasteiger partial charge in [0.2, 0.25) is 5.91 Å². The molecule has 0 bridgehead atoms. The molecule has 2 N–H and O–H groups in total. The molecule has 288 valence electrons. The van der Waals surface area contributed by atoms with Crippen LogP contribution in [0.3, 0.4) is 0 Å². The number of unbranched alkanes of at least 4 members (excludes halogenated alkanes) is 26. The van der Waals surface area contributed by atoms with Crippen LogP contribution in [-0.2, 0) is 19.1 Å². The van der Waals surface area contributed by atoms with E-state index in [-0.39, 0.29) is 24.5 Å². The smallest absolute Gasteiger partial charge is 0.322 e. The van der Waals surface area contributed by atoms with Gasteiger partial charge < -0.3 is 15.2 Å². The zero-order chi connectivity index (χ0) is 35.9. The minimum Gasteiger partial charge on any atom is -0.480 e. The van der Waals surface area contributed by atoms with Crippen molar-refractivity contribution in [3.05, 3.63) is 12.2 Å². The number of carbonyl (C=O) groups is 3. The first-order chi connectivity index (χ1) is 24.0. The summed E-state index contributed by atoms with van der Waals surface area (Å²) in [5.41, 5.74) is 0. The monoisotopic (exact) mass is 692 g/mol. The van der Waals surface area contributed by atoms with Gasteiger partial charge in [0, 0.05) is 12.8 Å². The highest BCUT2D eigenvalue weighted by Crippen LogP contribution is 2.19. The maximum atomic E-state index is 12.7. The molecule has 0 aliphatic heterocycles. The van der Waals surface area contributed by atoms with Crippen LogP contribution < -0.4 is 5.32 Å². The first-order valence-electron chi connectivity index (χ1n) is 21.3. The second-order valence-corrected chi connectivity index (χ2v) is 14.6. The Kier molecular flexibility index (Phi) is 37.5. The molecule has 0 aromatic carbocycles. The molecule has 1 amide bonds. The molecule has 1 atom stereocenters. The topological polar surface area (TPSA) is 92.7 Å². The van der Waals surface area contributed by atoms with E-state index in [0.29, 0.717) is 12.8 Å². The number of nitrogens with one attached hydrogen (secondary N) is 1. The van der Waals surface area contributed by atoms with Gasteiger partial charge in [-0.1, -0.05) is 167 Å².